The summed E-state index contributed by atoms with van der Waals surface area (Å²) in [6.45, 7) is 0. The van der Waals surface area contributed by atoms with E-state index in [4.69, 9.17) is 4.98 Å². The van der Waals surface area contributed by atoms with Crippen molar-refractivity contribution in [3.05, 3.63) is 94.6 Å². The van der Waals surface area contributed by atoms with Gasteiger partial charge in [-0.1, -0.05) is 30.3 Å². The predicted octanol–water partition coefficient (Wildman–Crippen LogP) is 5.40. The van der Waals surface area contributed by atoms with E-state index in [1.165, 1.54) is 0 Å². The summed E-state index contributed by atoms with van der Waals surface area (Å²) >= 11 is 1.61. The molecule has 140 valence electrons. The quantitative estimate of drug-likeness (QED) is 0.411. The molecule has 6 rings (SSSR count). The molecule has 29 heavy (non-hydrogen) atoms. The molecule has 1 aromatic carbocycles. The molecule has 1 aliphatic rings. The van der Waals surface area contributed by atoms with Gasteiger partial charge >= 0.3 is 0 Å². The van der Waals surface area contributed by atoms with E-state index in [1.807, 2.05) is 47.3 Å². The molecule has 0 N–H and O–H groups in total. The van der Waals surface area contributed by atoms with Crippen LogP contribution in [0.3, 0.4) is 0 Å². The van der Waals surface area contributed by atoms with Crippen LogP contribution < -0.4 is 5.56 Å². The van der Waals surface area contributed by atoms with E-state index in [0.717, 1.165) is 44.2 Å². The van der Waals surface area contributed by atoms with Crippen LogP contribution in [0.15, 0.2) is 83.4 Å². The first-order valence-corrected chi connectivity index (χ1v) is 10.6. The SMILES string of the molecule is O=c1c2c(-c3cccnc3)csc2ccn1[C@@H]1C[C@@H]1c1ccc2ccccc2n1. The monoisotopic (exact) mass is 395 g/mol. The summed E-state index contributed by atoms with van der Waals surface area (Å²) in [6, 6.07) is 18.5. The maximum atomic E-state index is 13.4. The number of hydrogen-bond acceptors (Lipinski definition) is 4. The number of thiophene rings is 1. The Balaban J connectivity index is 1.41. The molecule has 2 atom stereocenters. The standard InChI is InChI=1S/C24H17N3OS/c28-24-23-18(16-5-3-10-25-13-16)14-29-22(23)9-11-27(24)21-12-17(21)20-8-7-15-4-1-2-6-19(15)26-20/h1-11,13-14,17,21H,12H2/t17-,21-/m1/s1. The molecule has 0 amide bonds. The molecule has 0 radical (unpaired) electrons. The number of fused-ring (bicyclic) bond motifs is 2. The van der Waals surface area contributed by atoms with Gasteiger partial charge in [0.2, 0.25) is 0 Å². The highest BCUT2D eigenvalue weighted by Gasteiger charge is 2.41. The number of benzene rings is 1. The van der Waals surface area contributed by atoms with Crippen molar-refractivity contribution in [1.29, 1.82) is 0 Å². The highest BCUT2D eigenvalue weighted by Crippen LogP contribution is 2.50. The van der Waals surface area contributed by atoms with E-state index in [9.17, 15) is 4.79 Å². The minimum atomic E-state index is 0.0795. The number of rotatable bonds is 3. The van der Waals surface area contributed by atoms with Gasteiger partial charge < -0.3 is 4.57 Å². The van der Waals surface area contributed by atoms with Gasteiger partial charge in [0, 0.05) is 62.8 Å². The third-order valence-corrected chi connectivity index (χ3v) is 6.69. The summed E-state index contributed by atoms with van der Waals surface area (Å²) in [5.74, 6) is 0.287. The Morgan fingerprint density at radius 1 is 1.03 bits per heavy atom. The normalized spacial score (nSPS) is 18.3. The van der Waals surface area contributed by atoms with E-state index in [-0.39, 0.29) is 17.5 Å². The second-order valence-corrected chi connectivity index (χ2v) is 8.41. The molecule has 5 heteroatoms. The molecule has 0 aliphatic heterocycles. The van der Waals surface area contributed by atoms with Crippen LogP contribution in [-0.2, 0) is 0 Å². The fraction of sp³-hybridized carbons (Fsp3) is 0.125. The lowest BCUT2D eigenvalue weighted by molar-refractivity contribution is 0.688. The minimum absolute atomic E-state index is 0.0795. The maximum absolute atomic E-state index is 13.4. The topological polar surface area (TPSA) is 47.8 Å². The molecule has 5 aromatic rings. The average molecular weight is 395 g/mol. The minimum Gasteiger partial charge on any atom is -0.311 e. The Labute approximate surface area is 171 Å². The van der Waals surface area contributed by atoms with Crippen LogP contribution in [0.4, 0.5) is 0 Å². The highest BCUT2D eigenvalue weighted by molar-refractivity contribution is 7.17. The summed E-state index contributed by atoms with van der Waals surface area (Å²) in [5.41, 5.74) is 4.11. The van der Waals surface area contributed by atoms with E-state index in [0.29, 0.717) is 0 Å². The van der Waals surface area contributed by atoms with Gasteiger partial charge in [0.25, 0.3) is 5.56 Å². The molecular formula is C24H17N3OS. The summed E-state index contributed by atoms with van der Waals surface area (Å²) in [4.78, 5) is 22.4. The zero-order valence-corrected chi connectivity index (χ0v) is 16.3. The van der Waals surface area contributed by atoms with Crippen molar-refractivity contribution in [3.63, 3.8) is 0 Å². The van der Waals surface area contributed by atoms with Gasteiger partial charge in [-0.25, -0.2) is 0 Å². The van der Waals surface area contributed by atoms with Gasteiger partial charge in [-0.05, 0) is 30.7 Å². The van der Waals surface area contributed by atoms with Crippen molar-refractivity contribution in [3.8, 4) is 11.1 Å². The first-order chi connectivity index (χ1) is 14.3. The number of pyridine rings is 3. The molecule has 4 nitrogen and oxygen atoms in total. The molecule has 1 fully saturated rings. The summed E-state index contributed by atoms with van der Waals surface area (Å²) in [5, 5.41) is 4.00. The Bertz CT molecular complexity index is 1420. The highest BCUT2D eigenvalue weighted by atomic mass is 32.1. The molecule has 1 saturated carbocycles. The Morgan fingerprint density at radius 2 is 1.97 bits per heavy atom. The van der Waals surface area contributed by atoms with Crippen molar-refractivity contribution in [2.45, 2.75) is 18.4 Å². The zero-order valence-electron chi connectivity index (χ0n) is 15.5. The largest absolute Gasteiger partial charge is 0.311 e. The first kappa shape index (κ1) is 16.6. The van der Waals surface area contributed by atoms with Gasteiger partial charge in [-0.3, -0.25) is 14.8 Å². The lowest BCUT2D eigenvalue weighted by atomic mass is 10.1. The van der Waals surface area contributed by atoms with Crippen molar-refractivity contribution < 1.29 is 0 Å². The van der Waals surface area contributed by atoms with E-state index >= 15 is 0 Å². The molecule has 0 unspecified atom stereocenters. The summed E-state index contributed by atoms with van der Waals surface area (Å²) < 4.78 is 2.92. The van der Waals surface area contributed by atoms with Gasteiger partial charge in [0.15, 0.2) is 0 Å². The lowest BCUT2D eigenvalue weighted by Gasteiger charge is -2.07. The van der Waals surface area contributed by atoms with Crippen molar-refractivity contribution in [2.75, 3.05) is 0 Å². The molecular weight excluding hydrogens is 378 g/mol. The van der Waals surface area contributed by atoms with Crippen LogP contribution in [0.1, 0.15) is 24.1 Å². The maximum Gasteiger partial charge on any atom is 0.260 e. The first-order valence-electron chi connectivity index (χ1n) is 9.68. The summed E-state index contributed by atoms with van der Waals surface area (Å²) in [7, 11) is 0. The van der Waals surface area contributed by atoms with Crippen molar-refractivity contribution in [2.24, 2.45) is 0 Å². The number of hydrogen-bond donors (Lipinski definition) is 0. The third-order valence-electron chi connectivity index (χ3n) is 5.74. The average Bonchev–Trinajstić information content (AvgIpc) is 3.44. The lowest BCUT2D eigenvalue weighted by Crippen LogP contribution is -2.18. The van der Waals surface area contributed by atoms with Crippen LogP contribution >= 0.6 is 11.3 Å². The molecule has 0 bridgehead atoms. The van der Waals surface area contributed by atoms with E-state index in [2.05, 4.69) is 34.6 Å². The van der Waals surface area contributed by atoms with Crippen LogP contribution in [0.25, 0.3) is 32.1 Å². The Kier molecular flexibility index (Phi) is 3.64. The fourth-order valence-electron chi connectivity index (χ4n) is 4.15. The van der Waals surface area contributed by atoms with E-state index < -0.39 is 0 Å². The smallest absolute Gasteiger partial charge is 0.260 e. The molecule has 1 aliphatic carbocycles. The Morgan fingerprint density at radius 3 is 2.86 bits per heavy atom. The van der Waals surface area contributed by atoms with Gasteiger partial charge in [0.1, 0.15) is 0 Å². The van der Waals surface area contributed by atoms with Crippen LogP contribution in [0.5, 0.6) is 0 Å². The van der Waals surface area contributed by atoms with Crippen LogP contribution in [0.2, 0.25) is 0 Å². The zero-order chi connectivity index (χ0) is 19.4. The number of para-hydroxylation sites is 1. The number of aromatic nitrogens is 3. The molecule has 4 aromatic heterocycles. The van der Waals surface area contributed by atoms with Gasteiger partial charge in [-0.2, -0.15) is 0 Å². The predicted molar refractivity (Wildman–Crippen MR) is 117 cm³/mol. The summed E-state index contributed by atoms with van der Waals surface area (Å²) in [6.07, 6.45) is 6.46. The Hall–Kier alpha value is -3.31. The molecule has 0 saturated heterocycles. The fourth-order valence-corrected chi connectivity index (χ4v) is 5.11. The van der Waals surface area contributed by atoms with Gasteiger partial charge in [-0.15, -0.1) is 11.3 Å². The van der Waals surface area contributed by atoms with Crippen molar-refractivity contribution >= 4 is 32.3 Å². The van der Waals surface area contributed by atoms with Gasteiger partial charge in [0.05, 0.1) is 10.9 Å². The second kappa shape index (κ2) is 6.36. The van der Waals surface area contributed by atoms with Crippen LogP contribution in [0, 0.1) is 0 Å². The molecule has 4 heterocycles. The third kappa shape index (κ3) is 2.69. The van der Waals surface area contributed by atoms with E-state index in [1.54, 1.807) is 17.5 Å². The molecule has 0 spiro atoms. The second-order valence-electron chi connectivity index (χ2n) is 7.50. The number of nitrogens with zero attached hydrogens (tertiary/aromatic N) is 3. The van der Waals surface area contributed by atoms with Crippen molar-refractivity contribution in [1.82, 2.24) is 14.5 Å². The van der Waals surface area contributed by atoms with Crippen LogP contribution in [-0.4, -0.2) is 14.5 Å².